The molecule has 0 aromatic carbocycles. The number of quaternary nitrogens is 1. The van der Waals surface area contributed by atoms with Crippen LogP contribution in [0, 0.1) is 0 Å². The second-order valence-corrected chi connectivity index (χ2v) is 2.78. The van der Waals surface area contributed by atoms with E-state index in [0.717, 1.165) is 4.48 Å². The van der Waals surface area contributed by atoms with Gasteiger partial charge in [-0.05, 0) is 0 Å². The van der Waals surface area contributed by atoms with Gasteiger partial charge in [0.05, 0.1) is 28.2 Å². The van der Waals surface area contributed by atoms with Crippen LogP contribution in [0.2, 0.25) is 0 Å². The minimum atomic E-state index is -0.500. The molecule has 0 amide bonds. The Balaban J connectivity index is 0. The van der Waals surface area contributed by atoms with Crippen molar-refractivity contribution in [3.05, 3.63) is 0 Å². The van der Waals surface area contributed by atoms with Crippen LogP contribution in [0.15, 0.2) is 0 Å². The molecule has 0 aliphatic heterocycles. The molecule has 8 heavy (non-hydrogen) atoms. The van der Waals surface area contributed by atoms with Crippen LogP contribution in [0.4, 0.5) is 0 Å². The third-order valence-electron chi connectivity index (χ3n) is 0. The van der Waals surface area contributed by atoms with Crippen LogP contribution in [-0.4, -0.2) is 40.0 Å². The third-order valence-corrected chi connectivity index (χ3v) is 0. The van der Waals surface area contributed by atoms with Crippen molar-refractivity contribution < 1.29 is 14.2 Å². The van der Waals surface area contributed by atoms with Gasteiger partial charge in [0.2, 0.25) is 0 Å². The Morgan fingerprint density at radius 2 is 1.25 bits per heavy atom. The van der Waals surface area contributed by atoms with Gasteiger partial charge in [-0.25, -0.2) is 0 Å². The number of hydrogen-bond donors (Lipinski definition) is 0. The topological polar surface area (TPSA) is 40.1 Å². The molecule has 0 fully saturated rings. The van der Waals surface area contributed by atoms with Crippen molar-refractivity contribution in [2.45, 2.75) is 0 Å². The van der Waals surface area contributed by atoms with Gasteiger partial charge in [0.15, 0.2) is 0 Å². The Bertz CT molecular complexity index is 53.5. The zero-order valence-corrected chi connectivity index (χ0v) is 5.84. The predicted octanol–water partition coefficient (Wildman–Crippen LogP) is -1.37. The summed E-state index contributed by atoms with van der Waals surface area (Å²) >= 11 is 0. The summed E-state index contributed by atoms with van der Waals surface area (Å²) < 4.78 is 9.25. The molecule has 0 atom stereocenters. The van der Waals surface area contributed by atoms with Crippen LogP contribution >= 0.6 is 0 Å². The van der Waals surface area contributed by atoms with E-state index in [1.807, 2.05) is 0 Å². The van der Waals surface area contributed by atoms with E-state index in [1.54, 1.807) is 0 Å². The van der Waals surface area contributed by atoms with Crippen LogP contribution in [0.5, 0.6) is 0 Å². The van der Waals surface area contributed by atoms with E-state index in [4.69, 9.17) is 9.73 Å². The Hall–Kier alpha value is -0.375. The van der Waals surface area contributed by atoms with Crippen molar-refractivity contribution >= 4 is 7.35 Å². The van der Waals surface area contributed by atoms with E-state index in [9.17, 15) is 0 Å². The average Bonchev–Trinajstić information content (AvgIpc) is 1.27. The first-order valence-electron chi connectivity index (χ1n) is 2.26. The van der Waals surface area contributed by atoms with E-state index >= 15 is 0 Å². The van der Waals surface area contributed by atoms with Gasteiger partial charge in [0, 0.05) is 0 Å². The van der Waals surface area contributed by atoms with Crippen LogP contribution in [0.25, 0.3) is 0 Å². The summed E-state index contributed by atoms with van der Waals surface area (Å²) in [6.07, 6.45) is 0. The molecule has 0 saturated heterocycles. The van der Waals surface area contributed by atoms with Gasteiger partial charge in [-0.1, -0.05) is 0 Å². The first-order valence-corrected chi connectivity index (χ1v) is 2.26. The van der Waals surface area contributed by atoms with Crippen LogP contribution < -0.4 is 5.02 Å². The summed E-state index contributed by atoms with van der Waals surface area (Å²) in [4.78, 5) is 0. The molecule has 0 heterocycles. The second-order valence-electron chi connectivity index (χ2n) is 2.78. The summed E-state index contributed by atoms with van der Waals surface area (Å²) in [5.74, 6) is 0. The number of hydrogen-bond acceptors (Lipinski definition) is 2. The molecule has 0 spiro atoms. The Labute approximate surface area is 50.8 Å². The Kier molecular flexibility index (Phi) is 6.31. The van der Waals surface area contributed by atoms with Gasteiger partial charge in [0.1, 0.15) is 0 Å². The average molecular weight is 117 g/mol. The zero-order valence-electron chi connectivity index (χ0n) is 5.84. The van der Waals surface area contributed by atoms with Crippen molar-refractivity contribution in [1.82, 2.24) is 0 Å². The fraction of sp³-hybridized carbons (Fsp3) is 1.00. The first kappa shape index (κ1) is 10.6. The summed E-state index contributed by atoms with van der Waals surface area (Å²) in [6.45, 7) is 0. The van der Waals surface area contributed by atoms with E-state index in [2.05, 4.69) is 28.2 Å². The number of nitrogens with zero attached hydrogens (tertiary/aromatic N) is 1. The molecule has 3 nitrogen and oxygen atoms in total. The van der Waals surface area contributed by atoms with Crippen molar-refractivity contribution in [2.24, 2.45) is 0 Å². The van der Waals surface area contributed by atoms with Crippen LogP contribution in [0.1, 0.15) is 0 Å². The van der Waals surface area contributed by atoms with Gasteiger partial charge in [-0.2, -0.15) is 0 Å². The molecule has 0 aromatic rings. The Morgan fingerprint density at radius 3 is 1.25 bits per heavy atom. The van der Waals surface area contributed by atoms with Gasteiger partial charge < -0.3 is 4.48 Å². The van der Waals surface area contributed by atoms with E-state index in [0.29, 0.717) is 0 Å². The molecule has 0 aliphatic rings. The summed E-state index contributed by atoms with van der Waals surface area (Å²) in [7, 11) is 8.00. The molecule has 0 aliphatic carbocycles. The van der Waals surface area contributed by atoms with E-state index < -0.39 is 7.35 Å². The van der Waals surface area contributed by atoms with E-state index in [1.165, 1.54) is 0 Å². The quantitative estimate of drug-likeness (QED) is 0.290. The van der Waals surface area contributed by atoms with Gasteiger partial charge in [-0.15, -0.1) is 0 Å². The zero-order chi connectivity index (χ0) is 7.21. The summed E-state index contributed by atoms with van der Waals surface area (Å²) in [5, 5.41) is 8.25. The van der Waals surface area contributed by atoms with E-state index in [-0.39, 0.29) is 0 Å². The molecular weight excluding hydrogens is 105 g/mol. The van der Waals surface area contributed by atoms with Crippen LogP contribution in [0.3, 0.4) is 0 Å². The molecule has 48 valence electrons. The molecule has 0 bridgehead atoms. The molecular formula is C4H12BNO2. The van der Waals surface area contributed by atoms with Gasteiger partial charge in [0.25, 0.3) is 0 Å². The predicted molar refractivity (Wildman–Crippen MR) is 30.4 cm³/mol. The maximum absolute atomic E-state index is 8.25. The standard InChI is InChI=1S/C4H12N.BO2/c1-5(2,3)4;2-1-3/h1-4H3;/q+1;-1. The summed E-state index contributed by atoms with van der Waals surface area (Å²) in [6, 6.07) is 0. The molecule has 0 radical (unpaired) electrons. The van der Waals surface area contributed by atoms with Crippen molar-refractivity contribution in [3.63, 3.8) is 0 Å². The molecule has 0 rings (SSSR count). The van der Waals surface area contributed by atoms with Gasteiger partial charge >= 0.3 is 17.1 Å². The monoisotopic (exact) mass is 117 g/mol. The SMILES string of the molecule is C[N+](C)(C)C.O=B[O-]. The second kappa shape index (κ2) is 4.78. The van der Waals surface area contributed by atoms with Crippen molar-refractivity contribution in [1.29, 1.82) is 0 Å². The van der Waals surface area contributed by atoms with Crippen molar-refractivity contribution in [3.8, 4) is 0 Å². The minimum absolute atomic E-state index is 0.500. The van der Waals surface area contributed by atoms with Crippen molar-refractivity contribution in [2.75, 3.05) is 28.2 Å². The molecule has 0 aromatic heterocycles. The maximum atomic E-state index is 8.25. The number of rotatable bonds is 0. The molecule has 0 saturated carbocycles. The normalized spacial score (nSPS) is 8.50. The molecule has 0 unspecified atom stereocenters. The molecule has 4 heteroatoms. The summed E-state index contributed by atoms with van der Waals surface area (Å²) in [5.41, 5.74) is 0. The molecule has 0 N–H and O–H groups in total. The van der Waals surface area contributed by atoms with Gasteiger partial charge in [-0.3, -0.25) is 0 Å². The Morgan fingerprint density at radius 1 is 1.25 bits per heavy atom. The fourth-order valence-electron chi connectivity index (χ4n) is 0. The third kappa shape index (κ3) is 855. The van der Waals surface area contributed by atoms with Crippen LogP contribution in [-0.2, 0) is 4.70 Å². The first-order chi connectivity index (χ1) is 3.41. The fourth-order valence-corrected chi connectivity index (χ4v) is 0.